The molecule has 0 saturated carbocycles. The third kappa shape index (κ3) is 3.72. The smallest absolute Gasteiger partial charge is 0.326 e. The second-order valence-electron chi connectivity index (χ2n) is 5.18. The minimum absolute atomic E-state index is 0.159. The lowest BCUT2D eigenvalue weighted by Gasteiger charge is -2.24. The number of nitrogens with one attached hydrogen (secondary N) is 1. The predicted octanol–water partition coefficient (Wildman–Crippen LogP) is 0.155. The number of carboxylic acid groups (broad SMARTS) is 1. The normalized spacial score (nSPS) is 23.0. The zero-order valence-corrected chi connectivity index (χ0v) is 12.1. The maximum absolute atomic E-state index is 12.2. The van der Waals surface area contributed by atoms with E-state index < -0.39 is 12.0 Å². The van der Waals surface area contributed by atoms with Crippen molar-refractivity contribution in [3.63, 3.8) is 0 Å². The van der Waals surface area contributed by atoms with Crippen molar-refractivity contribution < 1.29 is 19.4 Å². The summed E-state index contributed by atoms with van der Waals surface area (Å²) in [6.45, 7) is 2.66. The van der Waals surface area contributed by atoms with Crippen LogP contribution in [0.3, 0.4) is 0 Å². The van der Waals surface area contributed by atoms with Crippen LogP contribution >= 0.6 is 0 Å². The molecule has 1 aromatic heterocycles. The summed E-state index contributed by atoms with van der Waals surface area (Å²) in [5, 5.41) is 16.1. The number of aliphatic carboxylic acids is 1. The van der Waals surface area contributed by atoms with Gasteiger partial charge >= 0.3 is 12.0 Å². The van der Waals surface area contributed by atoms with Crippen molar-refractivity contribution in [2.45, 2.75) is 38.1 Å². The molecule has 116 valence electrons. The number of methoxy groups -OCH3 is 1. The summed E-state index contributed by atoms with van der Waals surface area (Å²) < 4.78 is 6.87. The Bertz CT molecular complexity index is 490. The molecule has 3 unspecified atom stereocenters. The van der Waals surface area contributed by atoms with Crippen molar-refractivity contribution in [3.05, 3.63) is 18.5 Å². The summed E-state index contributed by atoms with van der Waals surface area (Å²) in [5.74, 6) is -1.01. The molecular weight excluding hydrogens is 276 g/mol. The fraction of sp³-hybridized carbons (Fsp3) is 0.615. The number of aromatic nitrogens is 2. The first kappa shape index (κ1) is 15.3. The summed E-state index contributed by atoms with van der Waals surface area (Å²) in [7, 11) is 1.52. The third-order valence-electron chi connectivity index (χ3n) is 3.53. The first-order valence-electron chi connectivity index (χ1n) is 6.81. The van der Waals surface area contributed by atoms with Crippen LogP contribution in [0.1, 0.15) is 13.3 Å². The van der Waals surface area contributed by atoms with Crippen molar-refractivity contribution in [2.24, 2.45) is 0 Å². The largest absolute Gasteiger partial charge is 0.480 e. The van der Waals surface area contributed by atoms with Gasteiger partial charge < -0.3 is 20.1 Å². The second-order valence-corrected chi connectivity index (χ2v) is 5.18. The number of nitrogens with zero attached hydrogens (tertiary/aromatic N) is 3. The summed E-state index contributed by atoms with van der Waals surface area (Å²) in [6, 6.07) is 0.417. The topological polar surface area (TPSA) is 96.7 Å². The molecule has 2 amide bonds. The highest BCUT2D eigenvalue weighted by Crippen LogP contribution is 2.20. The molecule has 1 aliphatic rings. The number of ether oxygens (including phenoxy) is 1. The summed E-state index contributed by atoms with van der Waals surface area (Å²) >= 11 is 0. The lowest BCUT2D eigenvalue weighted by molar-refractivity contribution is -0.141. The van der Waals surface area contributed by atoms with Crippen molar-refractivity contribution in [1.29, 1.82) is 0 Å². The molecular formula is C13H20N4O4. The van der Waals surface area contributed by atoms with Crippen LogP contribution in [0.4, 0.5) is 4.79 Å². The van der Waals surface area contributed by atoms with Crippen LogP contribution in [0, 0.1) is 0 Å². The molecule has 0 bridgehead atoms. The minimum atomic E-state index is -1.01. The molecule has 0 aromatic carbocycles. The van der Waals surface area contributed by atoms with E-state index in [0.717, 1.165) is 0 Å². The Balaban J connectivity index is 1.93. The number of carbonyl (C=O) groups excluding carboxylic acids is 1. The van der Waals surface area contributed by atoms with Crippen molar-refractivity contribution in [1.82, 2.24) is 20.0 Å². The summed E-state index contributed by atoms with van der Waals surface area (Å²) in [4.78, 5) is 24.8. The van der Waals surface area contributed by atoms with Gasteiger partial charge in [0, 0.05) is 38.5 Å². The van der Waals surface area contributed by atoms with Crippen LogP contribution in [0.2, 0.25) is 0 Å². The lowest BCUT2D eigenvalue weighted by Crippen LogP contribution is -2.49. The van der Waals surface area contributed by atoms with E-state index in [1.165, 1.54) is 12.0 Å². The number of carbonyl (C=O) groups is 2. The Labute approximate surface area is 122 Å². The molecule has 2 N–H and O–H groups in total. The highest BCUT2D eigenvalue weighted by molar-refractivity contribution is 5.83. The van der Waals surface area contributed by atoms with Crippen molar-refractivity contribution >= 4 is 12.0 Å². The van der Waals surface area contributed by atoms with Gasteiger partial charge in [0.1, 0.15) is 6.04 Å². The first-order valence-corrected chi connectivity index (χ1v) is 6.81. The minimum Gasteiger partial charge on any atom is -0.480 e. The van der Waals surface area contributed by atoms with Crippen LogP contribution in [-0.2, 0) is 16.1 Å². The van der Waals surface area contributed by atoms with E-state index in [4.69, 9.17) is 4.74 Å². The Hall–Kier alpha value is -2.09. The Morgan fingerprint density at radius 2 is 2.33 bits per heavy atom. The Morgan fingerprint density at radius 3 is 2.90 bits per heavy atom. The van der Waals surface area contributed by atoms with Gasteiger partial charge in [-0.25, -0.2) is 9.59 Å². The molecule has 1 aromatic rings. The molecule has 8 heteroatoms. The molecule has 0 radical (unpaired) electrons. The van der Waals surface area contributed by atoms with Gasteiger partial charge in [0.05, 0.1) is 12.6 Å². The van der Waals surface area contributed by atoms with E-state index in [0.29, 0.717) is 13.0 Å². The average molecular weight is 296 g/mol. The third-order valence-corrected chi connectivity index (χ3v) is 3.53. The number of hydrogen-bond acceptors (Lipinski definition) is 4. The van der Waals surface area contributed by atoms with Crippen molar-refractivity contribution in [3.8, 4) is 0 Å². The number of likely N-dealkylation sites (tertiary alicyclic amines) is 1. The van der Waals surface area contributed by atoms with E-state index in [1.54, 1.807) is 23.1 Å². The van der Waals surface area contributed by atoms with Crippen LogP contribution in [-0.4, -0.2) is 63.6 Å². The summed E-state index contributed by atoms with van der Waals surface area (Å²) in [5.41, 5.74) is 0. The monoisotopic (exact) mass is 296 g/mol. The number of carboxylic acids is 1. The van der Waals surface area contributed by atoms with Crippen LogP contribution in [0.15, 0.2) is 18.5 Å². The van der Waals surface area contributed by atoms with Gasteiger partial charge in [-0.2, -0.15) is 5.10 Å². The zero-order valence-electron chi connectivity index (χ0n) is 12.1. The maximum atomic E-state index is 12.2. The van der Waals surface area contributed by atoms with Crippen LogP contribution in [0.25, 0.3) is 0 Å². The molecule has 1 aliphatic heterocycles. The number of hydrogen-bond donors (Lipinski definition) is 2. The first-order chi connectivity index (χ1) is 10.0. The van der Waals surface area contributed by atoms with E-state index in [-0.39, 0.29) is 24.7 Å². The van der Waals surface area contributed by atoms with E-state index >= 15 is 0 Å². The van der Waals surface area contributed by atoms with Gasteiger partial charge in [0.15, 0.2) is 0 Å². The Kier molecular flexibility index (Phi) is 4.79. The van der Waals surface area contributed by atoms with Gasteiger partial charge in [-0.05, 0) is 13.0 Å². The zero-order chi connectivity index (χ0) is 15.4. The van der Waals surface area contributed by atoms with Gasteiger partial charge in [-0.15, -0.1) is 0 Å². The fourth-order valence-corrected chi connectivity index (χ4v) is 2.46. The highest BCUT2D eigenvalue weighted by atomic mass is 16.5. The molecule has 1 saturated heterocycles. The molecule has 8 nitrogen and oxygen atoms in total. The van der Waals surface area contributed by atoms with Gasteiger partial charge in [0.2, 0.25) is 0 Å². The second kappa shape index (κ2) is 6.57. The quantitative estimate of drug-likeness (QED) is 0.806. The van der Waals surface area contributed by atoms with E-state index in [9.17, 15) is 14.7 Å². The predicted molar refractivity (Wildman–Crippen MR) is 73.8 cm³/mol. The van der Waals surface area contributed by atoms with Gasteiger partial charge in [-0.1, -0.05) is 0 Å². The Morgan fingerprint density at radius 1 is 1.57 bits per heavy atom. The van der Waals surface area contributed by atoms with Gasteiger partial charge in [-0.3, -0.25) is 4.68 Å². The molecule has 3 atom stereocenters. The van der Waals surface area contributed by atoms with E-state index in [1.807, 2.05) is 6.92 Å². The van der Waals surface area contributed by atoms with E-state index in [2.05, 4.69) is 10.4 Å². The fourth-order valence-electron chi connectivity index (χ4n) is 2.46. The highest BCUT2D eigenvalue weighted by Gasteiger charge is 2.40. The number of amides is 2. The summed E-state index contributed by atoms with van der Waals surface area (Å²) in [6.07, 6.45) is 3.54. The molecule has 0 aliphatic carbocycles. The molecule has 2 heterocycles. The number of urea groups is 1. The number of rotatable bonds is 5. The van der Waals surface area contributed by atoms with Crippen LogP contribution in [0.5, 0.6) is 0 Å². The molecule has 1 fully saturated rings. The molecule has 0 spiro atoms. The molecule has 2 rings (SSSR count). The average Bonchev–Trinajstić information content (AvgIpc) is 3.06. The van der Waals surface area contributed by atoms with Crippen LogP contribution < -0.4 is 5.32 Å². The molecule has 21 heavy (non-hydrogen) atoms. The standard InChI is InChI=1S/C13H20N4O4/c1-9(7-16-5-3-4-14-16)15-13(20)17-8-10(21-2)6-11(17)12(18)19/h3-5,9-11H,6-8H2,1-2H3,(H,15,20)(H,18,19). The SMILES string of the molecule is COC1CC(C(=O)O)N(C(=O)NC(C)Cn2cccn2)C1. The van der Waals surface area contributed by atoms with Gasteiger partial charge in [0.25, 0.3) is 0 Å². The van der Waals surface area contributed by atoms with Crippen molar-refractivity contribution in [2.75, 3.05) is 13.7 Å². The maximum Gasteiger partial charge on any atom is 0.326 e. The lowest BCUT2D eigenvalue weighted by atomic mass is 10.2.